The van der Waals surface area contributed by atoms with Crippen molar-refractivity contribution in [2.75, 3.05) is 26.7 Å². The zero-order chi connectivity index (χ0) is 15.3. The highest BCUT2D eigenvalue weighted by Crippen LogP contribution is 2.15. The van der Waals surface area contributed by atoms with Gasteiger partial charge in [-0.25, -0.2) is 13.1 Å². The Labute approximate surface area is 125 Å². The number of likely N-dealkylation sites (tertiary alicyclic amines) is 1. The van der Waals surface area contributed by atoms with Crippen LogP contribution in [0.2, 0.25) is 0 Å². The van der Waals surface area contributed by atoms with Crippen molar-refractivity contribution in [1.29, 1.82) is 0 Å². The van der Waals surface area contributed by atoms with Crippen LogP contribution in [0.25, 0.3) is 0 Å². The van der Waals surface area contributed by atoms with Crippen LogP contribution in [0.1, 0.15) is 19.3 Å². The molecule has 2 rings (SSSR count). The van der Waals surface area contributed by atoms with Crippen LogP contribution < -0.4 is 9.46 Å². The number of rotatable bonds is 7. The fraction of sp³-hybridized carbons (Fsp3) is 0.500. The Morgan fingerprint density at radius 1 is 1.29 bits per heavy atom. The highest BCUT2D eigenvalue weighted by Gasteiger charge is 2.19. The summed E-state index contributed by atoms with van der Waals surface area (Å²) in [7, 11) is -1.97. The molecule has 0 aliphatic carbocycles. The van der Waals surface area contributed by atoms with E-state index in [0.717, 1.165) is 13.0 Å². The third-order valence-corrected chi connectivity index (χ3v) is 4.91. The molecule has 1 N–H and O–H groups in total. The van der Waals surface area contributed by atoms with Gasteiger partial charge in [-0.05, 0) is 37.1 Å². The number of sulfonamides is 1. The Balaban J connectivity index is 1.81. The van der Waals surface area contributed by atoms with E-state index in [1.54, 1.807) is 17.0 Å². The van der Waals surface area contributed by atoms with Gasteiger partial charge >= 0.3 is 0 Å². The molecule has 1 aliphatic rings. The van der Waals surface area contributed by atoms with Crippen molar-refractivity contribution in [3.05, 3.63) is 24.3 Å². The second kappa shape index (κ2) is 6.91. The van der Waals surface area contributed by atoms with Crippen LogP contribution in [-0.2, 0) is 14.8 Å². The Morgan fingerprint density at radius 3 is 2.57 bits per heavy atom. The number of methoxy groups -OCH3 is 1. The second-order valence-corrected chi connectivity index (χ2v) is 6.68. The van der Waals surface area contributed by atoms with Gasteiger partial charge in [0.25, 0.3) is 0 Å². The average Bonchev–Trinajstić information content (AvgIpc) is 2.89. The number of hydrogen-bond acceptors (Lipinski definition) is 4. The number of benzene rings is 1. The molecule has 0 atom stereocenters. The minimum atomic E-state index is -3.50. The monoisotopic (exact) mass is 312 g/mol. The minimum absolute atomic E-state index is 0.160. The van der Waals surface area contributed by atoms with E-state index in [1.165, 1.54) is 19.2 Å². The Morgan fingerprint density at radius 2 is 2.00 bits per heavy atom. The lowest BCUT2D eigenvalue weighted by atomic mass is 10.3. The zero-order valence-electron chi connectivity index (χ0n) is 12.0. The van der Waals surface area contributed by atoms with Crippen molar-refractivity contribution >= 4 is 15.9 Å². The van der Waals surface area contributed by atoms with Crippen LogP contribution in [0, 0.1) is 0 Å². The molecule has 1 saturated heterocycles. The SMILES string of the molecule is COc1ccc(S(=O)(=O)NCCCN2CCCC2=O)cc1. The van der Waals surface area contributed by atoms with E-state index in [9.17, 15) is 13.2 Å². The third-order valence-electron chi connectivity index (χ3n) is 3.44. The summed E-state index contributed by atoms with van der Waals surface area (Å²) in [6.07, 6.45) is 2.12. The van der Waals surface area contributed by atoms with Crippen LogP contribution in [0.15, 0.2) is 29.2 Å². The maximum absolute atomic E-state index is 12.1. The minimum Gasteiger partial charge on any atom is -0.497 e. The van der Waals surface area contributed by atoms with E-state index < -0.39 is 10.0 Å². The second-order valence-electron chi connectivity index (χ2n) is 4.91. The van der Waals surface area contributed by atoms with E-state index in [0.29, 0.717) is 31.7 Å². The molecule has 21 heavy (non-hydrogen) atoms. The molecule has 0 radical (unpaired) electrons. The summed E-state index contributed by atoms with van der Waals surface area (Å²) in [4.78, 5) is 13.4. The van der Waals surface area contributed by atoms with Gasteiger partial charge in [0, 0.05) is 26.1 Å². The van der Waals surface area contributed by atoms with Gasteiger partial charge in [0.15, 0.2) is 0 Å². The molecular weight excluding hydrogens is 292 g/mol. The molecule has 1 heterocycles. The fourth-order valence-corrected chi connectivity index (χ4v) is 3.33. The summed E-state index contributed by atoms with van der Waals surface area (Å²) in [5.74, 6) is 0.773. The molecule has 1 fully saturated rings. The number of hydrogen-bond donors (Lipinski definition) is 1. The molecule has 0 bridgehead atoms. The van der Waals surface area contributed by atoms with Gasteiger partial charge < -0.3 is 9.64 Å². The summed E-state index contributed by atoms with van der Waals surface area (Å²) in [5, 5.41) is 0. The molecule has 1 aromatic rings. The lowest BCUT2D eigenvalue weighted by Crippen LogP contribution is -2.30. The summed E-state index contributed by atoms with van der Waals surface area (Å²) >= 11 is 0. The van der Waals surface area contributed by atoms with Gasteiger partial charge in [0.1, 0.15) is 5.75 Å². The first-order chi connectivity index (χ1) is 10.0. The summed E-state index contributed by atoms with van der Waals surface area (Å²) in [6, 6.07) is 6.23. The zero-order valence-corrected chi connectivity index (χ0v) is 12.9. The summed E-state index contributed by atoms with van der Waals surface area (Å²) in [6.45, 7) is 1.70. The predicted molar refractivity (Wildman–Crippen MR) is 78.6 cm³/mol. The Bertz CT molecular complexity index is 583. The number of amides is 1. The highest BCUT2D eigenvalue weighted by atomic mass is 32.2. The van der Waals surface area contributed by atoms with Gasteiger partial charge in [-0.3, -0.25) is 4.79 Å². The quantitative estimate of drug-likeness (QED) is 0.762. The maximum atomic E-state index is 12.1. The molecule has 7 heteroatoms. The van der Waals surface area contributed by atoms with Crippen LogP contribution in [0.3, 0.4) is 0 Å². The molecule has 0 saturated carbocycles. The molecule has 0 aromatic heterocycles. The van der Waals surface area contributed by atoms with Gasteiger partial charge in [-0.15, -0.1) is 0 Å². The molecule has 116 valence electrons. The Hall–Kier alpha value is -1.60. The molecular formula is C14H20N2O4S. The fourth-order valence-electron chi connectivity index (χ4n) is 2.26. The van der Waals surface area contributed by atoms with Crippen molar-refractivity contribution in [3.63, 3.8) is 0 Å². The number of carbonyl (C=O) groups is 1. The van der Waals surface area contributed by atoms with Crippen LogP contribution in [0.5, 0.6) is 5.75 Å². The first-order valence-electron chi connectivity index (χ1n) is 6.94. The topological polar surface area (TPSA) is 75.7 Å². The van der Waals surface area contributed by atoms with Gasteiger partial charge in [-0.2, -0.15) is 0 Å². The van der Waals surface area contributed by atoms with Crippen molar-refractivity contribution in [1.82, 2.24) is 9.62 Å². The van der Waals surface area contributed by atoms with Crippen molar-refractivity contribution in [2.45, 2.75) is 24.2 Å². The molecule has 1 aromatic carbocycles. The van der Waals surface area contributed by atoms with Crippen molar-refractivity contribution < 1.29 is 17.9 Å². The smallest absolute Gasteiger partial charge is 0.240 e. The highest BCUT2D eigenvalue weighted by molar-refractivity contribution is 7.89. The van der Waals surface area contributed by atoms with E-state index in [4.69, 9.17) is 4.74 Å². The lowest BCUT2D eigenvalue weighted by Gasteiger charge is -2.15. The first-order valence-corrected chi connectivity index (χ1v) is 8.43. The molecule has 6 nitrogen and oxygen atoms in total. The van der Waals surface area contributed by atoms with Gasteiger partial charge in [0.2, 0.25) is 15.9 Å². The summed E-state index contributed by atoms with van der Waals surface area (Å²) < 4.78 is 31.7. The lowest BCUT2D eigenvalue weighted by molar-refractivity contribution is -0.127. The molecule has 1 aliphatic heterocycles. The van der Waals surface area contributed by atoms with Gasteiger partial charge in [0.05, 0.1) is 12.0 Å². The predicted octanol–water partition coefficient (Wildman–Crippen LogP) is 0.986. The van der Waals surface area contributed by atoms with Crippen LogP contribution in [0.4, 0.5) is 0 Å². The van der Waals surface area contributed by atoms with E-state index in [-0.39, 0.29) is 10.8 Å². The van der Waals surface area contributed by atoms with Crippen molar-refractivity contribution in [2.24, 2.45) is 0 Å². The first kappa shape index (κ1) is 15.8. The summed E-state index contributed by atoms with van der Waals surface area (Å²) in [5.41, 5.74) is 0. The van der Waals surface area contributed by atoms with Crippen LogP contribution >= 0.6 is 0 Å². The number of nitrogens with zero attached hydrogens (tertiary/aromatic N) is 1. The Kier molecular flexibility index (Phi) is 5.19. The largest absolute Gasteiger partial charge is 0.497 e. The number of nitrogens with one attached hydrogen (secondary N) is 1. The van der Waals surface area contributed by atoms with E-state index >= 15 is 0 Å². The van der Waals surface area contributed by atoms with Gasteiger partial charge in [-0.1, -0.05) is 0 Å². The molecule has 0 spiro atoms. The average molecular weight is 312 g/mol. The normalized spacial score (nSPS) is 15.5. The molecule has 1 amide bonds. The standard InChI is InChI=1S/C14H20N2O4S/c1-20-12-5-7-13(8-6-12)21(18,19)15-9-3-11-16-10-2-4-14(16)17/h5-8,15H,2-4,9-11H2,1H3. The van der Waals surface area contributed by atoms with Crippen LogP contribution in [-0.4, -0.2) is 46.0 Å². The number of carbonyl (C=O) groups excluding carboxylic acids is 1. The maximum Gasteiger partial charge on any atom is 0.240 e. The molecule has 0 unspecified atom stereocenters. The number of ether oxygens (including phenoxy) is 1. The van der Waals surface area contributed by atoms with Crippen molar-refractivity contribution in [3.8, 4) is 5.75 Å². The van der Waals surface area contributed by atoms with E-state index in [2.05, 4.69) is 4.72 Å². The van der Waals surface area contributed by atoms with E-state index in [1.807, 2.05) is 0 Å². The third kappa shape index (κ3) is 4.18.